The van der Waals surface area contributed by atoms with Gasteiger partial charge in [-0.2, -0.15) is 0 Å². The zero-order valence-corrected chi connectivity index (χ0v) is 20.3. The van der Waals surface area contributed by atoms with Crippen molar-refractivity contribution >= 4 is 23.6 Å². The number of morpholine rings is 1. The molecule has 1 aliphatic rings. The molecule has 0 spiro atoms. The maximum atomic E-state index is 13.0. The highest BCUT2D eigenvalue weighted by Crippen LogP contribution is 2.16. The Bertz CT molecular complexity index is 1090. The number of nitrogens with one attached hydrogen (secondary N) is 2. The predicted octanol–water partition coefficient (Wildman–Crippen LogP) is 2.97. The normalized spacial score (nSPS) is 14.2. The van der Waals surface area contributed by atoms with Crippen LogP contribution < -0.4 is 10.6 Å². The van der Waals surface area contributed by atoms with Gasteiger partial charge in [-0.3, -0.25) is 14.5 Å². The molecule has 1 fully saturated rings. The number of carbonyl (C=O) groups excluding carboxylic acids is 2. The summed E-state index contributed by atoms with van der Waals surface area (Å²) in [5.74, 6) is -0.930. The summed E-state index contributed by atoms with van der Waals surface area (Å²) in [5, 5.41) is 8.93. The standard InChI is InChI=1S/C25H30N6O5/c1-34-23(35-2)16-27-25(33)22(15-18-5-9-21(10-6-18)29-30-26)28-24(32)20-7-3-19(4-8-20)17-31-11-13-36-14-12-31/h3-10,15,23H,11-14,16-17H2,1-2H3,(H,27,33)(H,28,32)/b22-15+. The molecule has 36 heavy (non-hydrogen) atoms. The van der Waals surface area contributed by atoms with Crippen molar-refractivity contribution in [3.63, 3.8) is 0 Å². The maximum Gasteiger partial charge on any atom is 0.267 e. The van der Waals surface area contributed by atoms with Gasteiger partial charge in [0.25, 0.3) is 11.8 Å². The van der Waals surface area contributed by atoms with Gasteiger partial charge < -0.3 is 24.8 Å². The van der Waals surface area contributed by atoms with Crippen LogP contribution in [0.2, 0.25) is 0 Å². The molecule has 0 unspecified atom stereocenters. The molecule has 11 nitrogen and oxygen atoms in total. The first-order valence-electron chi connectivity index (χ1n) is 11.4. The molecule has 2 aromatic carbocycles. The highest BCUT2D eigenvalue weighted by molar-refractivity contribution is 6.05. The van der Waals surface area contributed by atoms with Crippen molar-refractivity contribution < 1.29 is 23.8 Å². The lowest BCUT2D eigenvalue weighted by Crippen LogP contribution is -2.39. The second-order valence-electron chi connectivity index (χ2n) is 7.99. The number of benzene rings is 2. The summed E-state index contributed by atoms with van der Waals surface area (Å²) >= 11 is 0. The molecule has 1 heterocycles. The highest BCUT2D eigenvalue weighted by Gasteiger charge is 2.17. The fraction of sp³-hybridized carbons (Fsp3) is 0.360. The molecule has 3 rings (SSSR count). The molecule has 2 aromatic rings. The van der Waals surface area contributed by atoms with Crippen molar-refractivity contribution in [2.24, 2.45) is 5.11 Å². The van der Waals surface area contributed by atoms with E-state index in [4.69, 9.17) is 19.7 Å². The molecular weight excluding hydrogens is 464 g/mol. The Kier molecular flexibility index (Phi) is 10.4. The summed E-state index contributed by atoms with van der Waals surface area (Å²) in [6.45, 7) is 4.07. The fourth-order valence-corrected chi connectivity index (χ4v) is 3.52. The second-order valence-corrected chi connectivity index (χ2v) is 7.99. The lowest BCUT2D eigenvalue weighted by Gasteiger charge is -2.26. The number of hydrogen-bond acceptors (Lipinski definition) is 7. The van der Waals surface area contributed by atoms with Crippen LogP contribution in [0.3, 0.4) is 0 Å². The first kappa shape index (κ1) is 26.9. The van der Waals surface area contributed by atoms with Crippen LogP contribution in [0.25, 0.3) is 16.5 Å². The van der Waals surface area contributed by atoms with E-state index < -0.39 is 18.1 Å². The zero-order chi connectivity index (χ0) is 25.8. The number of rotatable bonds is 11. The molecular formula is C25H30N6O5. The fourth-order valence-electron chi connectivity index (χ4n) is 3.52. The van der Waals surface area contributed by atoms with E-state index in [1.807, 2.05) is 12.1 Å². The van der Waals surface area contributed by atoms with E-state index in [9.17, 15) is 9.59 Å². The summed E-state index contributed by atoms with van der Waals surface area (Å²) in [4.78, 5) is 30.9. The quantitative estimate of drug-likeness (QED) is 0.162. The van der Waals surface area contributed by atoms with E-state index in [-0.39, 0.29) is 12.2 Å². The van der Waals surface area contributed by atoms with Crippen LogP contribution in [0.15, 0.2) is 59.3 Å². The molecule has 0 atom stereocenters. The Labute approximate surface area is 209 Å². The van der Waals surface area contributed by atoms with Crippen LogP contribution in [0.1, 0.15) is 21.5 Å². The number of amides is 2. The van der Waals surface area contributed by atoms with Gasteiger partial charge in [-0.15, -0.1) is 0 Å². The van der Waals surface area contributed by atoms with Crippen molar-refractivity contribution in [2.75, 3.05) is 47.1 Å². The van der Waals surface area contributed by atoms with Crippen LogP contribution >= 0.6 is 0 Å². The van der Waals surface area contributed by atoms with Crippen LogP contribution in [-0.4, -0.2) is 70.1 Å². The monoisotopic (exact) mass is 494 g/mol. The molecule has 0 radical (unpaired) electrons. The summed E-state index contributed by atoms with van der Waals surface area (Å²) in [6.07, 6.45) is 0.905. The number of nitrogens with zero attached hydrogens (tertiary/aromatic N) is 4. The first-order chi connectivity index (χ1) is 17.5. The van der Waals surface area contributed by atoms with Crippen molar-refractivity contribution in [2.45, 2.75) is 12.8 Å². The summed E-state index contributed by atoms with van der Waals surface area (Å²) in [7, 11) is 2.93. The van der Waals surface area contributed by atoms with Gasteiger partial charge in [0.05, 0.1) is 19.8 Å². The summed E-state index contributed by atoms with van der Waals surface area (Å²) < 4.78 is 15.6. The Morgan fingerprint density at radius 2 is 1.78 bits per heavy atom. The summed E-state index contributed by atoms with van der Waals surface area (Å²) in [6, 6.07) is 13.9. The van der Waals surface area contributed by atoms with E-state index in [1.165, 1.54) is 20.3 Å². The van der Waals surface area contributed by atoms with Crippen molar-refractivity contribution in [3.05, 3.63) is 81.4 Å². The molecule has 2 N–H and O–H groups in total. The van der Waals surface area contributed by atoms with Gasteiger partial charge in [-0.05, 0) is 34.9 Å². The number of methoxy groups -OCH3 is 2. The van der Waals surface area contributed by atoms with E-state index in [0.29, 0.717) is 16.8 Å². The van der Waals surface area contributed by atoms with E-state index in [1.54, 1.807) is 36.4 Å². The Hall–Kier alpha value is -3.73. The third-order valence-corrected chi connectivity index (χ3v) is 5.54. The third-order valence-electron chi connectivity index (χ3n) is 5.54. The Morgan fingerprint density at radius 1 is 1.11 bits per heavy atom. The zero-order valence-electron chi connectivity index (χ0n) is 20.3. The first-order valence-corrected chi connectivity index (χ1v) is 11.4. The second kappa shape index (κ2) is 14.0. The Balaban J connectivity index is 1.73. The minimum absolute atomic E-state index is 0.0416. The molecule has 0 aliphatic carbocycles. The maximum absolute atomic E-state index is 13.0. The van der Waals surface area contributed by atoms with Gasteiger partial charge in [0.15, 0.2) is 6.29 Å². The average molecular weight is 495 g/mol. The lowest BCUT2D eigenvalue weighted by atomic mass is 10.1. The van der Waals surface area contributed by atoms with E-state index in [0.717, 1.165) is 38.4 Å². The minimum atomic E-state index is -0.631. The molecule has 1 saturated heterocycles. The van der Waals surface area contributed by atoms with E-state index in [2.05, 4.69) is 25.6 Å². The number of carbonyl (C=O) groups is 2. The highest BCUT2D eigenvalue weighted by atomic mass is 16.7. The Morgan fingerprint density at radius 3 is 2.39 bits per heavy atom. The van der Waals surface area contributed by atoms with Gasteiger partial charge in [0.1, 0.15) is 5.70 Å². The van der Waals surface area contributed by atoms with Gasteiger partial charge in [0, 0.05) is 50.0 Å². The van der Waals surface area contributed by atoms with Crippen molar-refractivity contribution in [3.8, 4) is 0 Å². The number of hydrogen-bond donors (Lipinski definition) is 2. The lowest BCUT2D eigenvalue weighted by molar-refractivity contribution is -0.124. The van der Waals surface area contributed by atoms with Crippen LogP contribution in [0.5, 0.6) is 0 Å². The molecule has 0 aromatic heterocycles. The molecule has 0 saturated carbocycles. The molecule has 190 valence electrons. The molecule has 0 bridgehead atoms. The van der Waals surface area contributed by atoms with Crippen molar-refractivity contribution in [1.82, 2.24) is 15.5 Å². The summed E-state index contributed by atoms with van der Waals surface area (Å²) in [5.41, 5.74) is 11.2. The molecule has 11 heteroatoms. The third kappa shape index (κ3) is 8.19. The van der Waals surface area contributed by atoms with Gasteiger partial charge in [-0.25, -0.2) is 0 Å². The van der Waals surface area contributed by atoms with Crippen molar-refractivity contribution in [1.29, 1.82) is 0 Å². The van der Waals surface area contributed by atoms with Gasteiger partial charge in [-0.1, -0.05) is 41.5 Å². The smallest absolute Gasteiger partial charge is 0.267 e. The van der Waals surface area contributed by atoms with Crippen LogP contribution in [-0.2, 0) is 25.5 Å². The van der Waals surface area contributed by atoms with Gasteiger partial charge >= 0.3 is 0 Å². The molecule has 1 aliphatic heterocycles. The SMILES string of the molecule is COC(CNC(=O)/C(=C\c1ccc(N=[N+]=[N-])cc1)NC(=O)c1ccc(CN2CCOCC2)cc1)OC. The topological polar surface area (TPSA) is 138 Å². The molecule has 2 amide bonds. The largest absolute Gasteiger partial charge is 0.379 e. The van der Waals surface area contributed by atoms with E-state index >= 15 is 0 Å². The van der Waals surface area contributed by atoms with Crippen LogP contribution in [0.4, 0.5) is 5.69 Å². The number of ether oxygens (including phenoxy) is 3. The number of azide groups is 1. The van der Waals surface area contributed by atoms with Crippen LogP contribution in [0, 0.1) is 0 Å². The average Bonchev–Trinajstić information content (AvgIpc) is 2.91. The minimum Gasteiger partial charge on any atom is -0.379 e. The van der Waals surface area contributed by atoms with Gasteiger partial charge in [0.2, 0.25) is 0 Å². The predicted molar refractivity (Wildman–Crippen MR) is 134 cm³/mol.